The van der Waals surface area contributed by atoms with Crippen LogP contribution in [-0.2, 0) is 0 Å². The number of nitrogens with zero attached hydrogens (tertiary/aromatic N) is 4. The zero-order valence-corrected chi connectivity index (χ0v) is 9.57. The van der Waals surface area contributed by atoms with Crippen LogP contribution in [0.2, 0.25) is 0 Å². The molecule has 8 nitrogen and oxygen atoms in total. The molecule has 19 heavy (non-hydrogen) atoms. The summed E-state index contributed by atoms with van der Waals surface area (Å²) in [5, 5.41) is 13.3. The molecule has 0 spiro atoms. The van der Waals surface area contributed by atoms with Gasteiger partial charge >= 0.3 is 0 Å². The number of anilines is 1. The van der Waals surface area contributed by atoms with Crippen LogP contribution in [0.4, 0.5) is 11.5 Å². The van der Waals surface area contributed by atoms with Gasteiger partial charge in [0.25, 0.3) is 5.56 Å². The number of H-pyrrole nitrogens is 1. The molecule has 3 N–H and O–H groups in total. The van der Waals surface area contributed by atoms with E-state index in [1.807, 2.05) is 0 Å². The Hall–Kier alpha value is -3.03. The number of hydrogen-bond acceptors (Lipinski definition) is 6. The first-order chi connectivity index (χ1) is 9.19. The van der Waals surface area contributed by atoms with Crippen LogP contribution >= 0.6 is 0 Å². The van der Waals surface area contributed by atoms with Gasteiger partial charge in [0.1, 0.15) is 5.69 Å². The van der Waals surface area contributed by atoms with Crippen molar-refractivity contribution in [2.45, 2.75) is 0 Å². The van der Waals surface area contributed by atoms with Crippen LogP contribution in [0.5, 0.6) is 0 Å². The molecule has 3 rings (SSSR count). The minimum Gasteiger partial charge on any atom is -0.380 e. The highest BCUT2D eigenvalue weighted by atomic mass is 16.3. The van der Waals surface area contributed by atoms with Crippen molar-refractivity contribution < 1.29 is 0 Å². The number of rotatable bonds is 2. The molecule has 2 heterocycles. The van der Waals surface area contributed by atoms with Crippen LogP contribution < -0.4 is 11.3 Å². The van der Waals surface area contributed by atoms with Crippen LogP contribution in [0, 0.1) is 4.91 Å². The van der Waals surface area contributed by atoms with Crippen LogP contribution in [0.1, 0.15) is 0 Å². The van der Waals surface area contributed by atoms with Crippen LogP contribution in [0.25, 0.3) is 16.7 Å². The van der Waals surface area contributed by atoms with Crippen molar-refractivity contribution in [2.24, 2.45) is 5.18 Å². The predicted molar refractivity (Wildman–Crippen MR) is 69.4 cm³/mol. The normalized spacial score (nSPS) is 10.7. The maximum atomic E-state index is 11.9. The number of nitroso groups, excluding NO2 is 1. The molecule has 0 radical (unpaired) electrons. The summed E-state index contributed by atoms with van der Waals surface area (Å²) >= 11 is 0. The molecule has 0 aliphatic heterocycles. The average Bonchev–Trinajstić information content (AvgIpc) is 2.79. The predicted octanol–water partition coefficient (Wildman–Crippen LogP) is 1.09. The van der Waals surface area contributed by atoms with E-state index in [0.29, 0.717) is 16.7 Å². The van der Waals surface area contributed by atoms with E-state index in [0.717, 1.165) is 0 Å². The zero-order valence-electron chi connectivity index (χ0n) is 9.57. The second-order valence-corrected chi connectivity index (χ2v) is 3.87. The van der Waals surface area contributed by atoms with E-state index in [1.54, 1.807) is 12.1 Å². The molecule has 1 aromatic carbocycles. The molecule has 0 atom stereocenters. The Morgan fingerprint density at radius 2 is 2.00 bits per heavy atom. The summed E-state index contributed by atoms with van der Waals surface area (Å²) in [7, 11) is 0. The highest BCUT2D eigenvalue weighted by Gasteiger charge is 2.09. The molecular formula is C11H8N6O2. The lowest BCUT2D eigenvalue weighted by Gasteiger charge is -2.03. The van der Waals surface area contributed by atoms with E-state index < -0.39 is 0 Å². The van der Waals surface area contributed by atoms with E-state index in [2.05, 4.69) is 20.5 Å². The first-order valence-electron chi connectivity index (χ1n) is 5.37. The third-order valence-corrected chi connectivity index (χ3v) is 2.67. The zero-order chi connectivity index (χ0) is 13.4. The average molecular weight is 256 g/mol. The SMILES string of the molecule is Nc1n[nH]c2cc(=O)n(-c3ccc(N=O)cc3)nc12. The van der Waals surface area contributed by atoms with Crippen molar-refractivity contribution in [1.82, 2.24) is 20.0 Å². The van der Waals surface area contributed by atoms with Gasteiger partial charge in [-0.2, -0.15) is 14.9 Å². The maximum Gasteiger partial charge on any atom is 0.273 e. The molecule has 94 valence electrons. The molecule has 0 fully saturated rings. The molecule has 0 unspecified atom stereocenters. The van der Waals surface area contributed by atoms with Gasteiger partial charge in [-0.05, 0) is 29.4 Å². The third-order valence-electron chi connectivity index (χ3n) is 2.67. The Kier molecular flexibility index (Phi) is 2.34. The fourth-order valence-electron chi connectivity index (χ4n) is 1.74. The van der Waals surface area contributed by atoms with Gasteiger partial charge in [-0.1, -0.05) is 0 Å². The summed E-state index contributed by atoms with van der Waals surface area (Å²) in [6, 6.07) is 7.51. The quantitative estimate of drug-likeness (QED) is 0.665. The third kappa shape index (κ3) is 1.75. The number of hydrogen-bond donors (Lipinski definition) is 2. The number of nitrogen functional groups attached to an aromatic ring is 1. The monoisotopic (exact) mass is 256 g/mol. The maximum absolute atomic E-state index is 11.9. The van der Waals surface area contributed by atoms with Gasteiger partial charge in [0.15, 0.2) is 11.3 Å². The summed E-state index contributed by atoms with van der Waals surface area (Å²) in [5.41, 5.74) is 6.99. The summed E-state index contributed by atoms with van der Waals surface area (Å²) < 4.78 is 1.18. The van der Waals surface area contributed by atoms with Gasteiger partial charge in [-0.3, -0.25) is 9.89 Å². The molecular weight excluding hydrogens is 248 g/mol. The number of benzene rings is 1. The van der Waals surface area contributed by atoms with Crippen LogP contribution in [0.15, 0.2) is 40.3 Å². The molecule has 0 saturated carbocycles. The largest absolute Gasteiger partial charge is 0.380 e. The van der Waals surface area contributed by atoms with E-state index >= 15 is 0 Å². The van der Waals surface area contributed by atoms with Gasteiger partial charge < -0.3 is 5.73 Å². The highest BCUT2D eigenvalue weighted by Crippen LogP contribution is 2.16. The second-order valence-electron chi connectivity index (χ2n) is 3.87. The molecule has 8 heteroatoms. The Labute approximate surface area is 105 Å². The lowest BCUT2D eigenvalue weighted by Crippen LogP contribution is -2.19. The fourth-order valence-corrected chi connectivity index (χ4v) is 1.74. The van der Waals surface area contributed by atoms with Crippen molar-refractivity contribution in [3.05, 3.63) is 45.6 Å². The van der Waals surface area contributed by atoms with Crippen molar-refractivity contribution >= 4 is 22.5 Å². The highest BCUT2D eigenvalue weighted by molar-refractivity contribution is 5.83. The van der Waals surface area contributed by atoms with Gasteiger partial charge in [0.05, 0.1) is 11.2 Å². The Morgan fingerprint density at radius 1 is 1.26 bits per heavy atom. The summed E-state index contributed by atoms with van der Waals surface area (Å²) in [5.74, 6) is 0.218. The second kappa shape index (κ2) is 4.02. The van der Waals surface area contributed by atoms with Gasteiger partial charge in [0, 0.05) is 6.07 Å². The molecule has 0 amide bonds. The van der Waals surface area contributed by atoms with Crippen molar-refractivity contribution in [3.8, 4) is 5.69 Å². The van der Waals surface area contributed by atoms with Gasteiger partial charge in [-0.15, -0.1) is 4.91 Å². The summed E-state index contributed by atoms with van der Waals surface area (Å²) in [6.07, 6.45) is 0. The summed E-state index contributed by atoms with van der Waals surface area (Å²) in [4.78, 5) is 22.3. The minimum absolute atomic E-state index is 0.218. The Balaban J connectivity index is 2.22. The first-order valence-corrected chi connectivity index (χ1v) is 5.37. The van der Waals surface area contributed by atoms with E-state index in [1.165, 1.54) is 22.9 Å². The van der Waals surface area contributed by atoms with Crippen LogP contribution in [0.3, 0.4) is 0 Å². The summed E-state index contributed by atoms with van der Waals surface area (Å²) in [6.45, 7) is 0. The minimum atomic E-state index is -0.331. The topological polar surface area (TPSA) is 119 Å². The smallest absolute Gasteiger partial charge is 0.273 e. The van der Waals surface area contributed by atoms with Crippen molar-refractivity contribution in [1.29, 1.82) is 0 Å². The van der Waals surface area contributed by atoms with Crippen LogP contribution in [-0.4, -0.2) is 20.0 Å². The fraction of sp³-hybridized carbons (Fsp3) is 0. The number of fused-ring (bicyclic) bond motifs is 1. The number of nitrogens with two attached hydrogens (primary N) is 1. The lowest BCUT2D eigenvalue weighted by molar-refractivity contribution is 0.832. The Morgan fingerprint density at radius 3 is 2.68 bits per heavy atom. The first kappa shape index (κ1) is 11.1. The standard InChI is InChI=1S/C11H8N6O2/c12-11-10-8(13-14-11)5-9(18)17(15-10)7-3-1-6(16-19)2-4-7/h1-5,13H,(H2,12,14). The van der Waals surface area contributed by atoms with E-state index in [9.17, 15) is 9.70 Å². The molecule has 2 aromatic heterocycles. The van der Waals surface area contributed by atoms with Crippen molar-refractivity contribution in [3.63, 3.8) is 0 Å². The lowest BCUT2D eigenvalue weighted by atomic mass is 10.3. The van der Waals surface area contributed by atoms with Crippen molar-refractivity contribution in [2.75, 3.05) is 5.73 Å². The van der Waals surface area contributed by atoms with Gasteiger partial charge in [0.2, 0.25) is 0 Å². The Bertz CT molecular complexity index is 817. The molecule has 0 aliphatic carbocycles. The molecule has 0 bridgehead atoms. The van der Waals surface area contributed by atoms with Gasteiger partial charge in [-0.25, -0.2) is 0 Å². The number of nitrogens with one attached hydrogen (secondary N) is 1. The molecule has 3 aromatic rings. The molecule has 0 saturated heterocycles. The van der Waals surface area contributed by atoms with E-state index in [-0.39, 0.29) is 17.1 Å². The molecule has 0 aliphatic rings. The number of aromatic amines is 1. The number of aromatic nitrogens is 4. The van der Waals surface area contributed by atoms with E-state index in [4.69, 9.17) is 5.73 Å².